The molecule has 0 fully saturated rings. The summed E-state index contributed by atoms with van der Waals surface area (Å²) >= 11 is 0. The van der Waals surface area contributed by atoms with Crippen molar-refractivity contribution in [3.05, 3.63) is 58.0 Å². The summed E-state index contributed by atoms with van der Waals surface area (Å²) in [6.07, 6.45) is 0. The lowest BCUT2D eigenvalue weighted by molar-refractivity contribution is 0.181. The van der Waals surface area contributed by atoms with Crippen LogP contribution in [0.5, 0.6) is 0 Å². The smallest absolute Gasteiger partial charge is 0.252 e. The van der Waals surface area contributed by atoms with Crippen molar-refractivity contribution in [1.29, 1.82) is 0 Å². The fourth-order valence-corrected chi connectivity index (χ4v) is 2.33. The number of benzene rings is 1. The van der Waals surface area contributed by atoms with Crippen LogP contribution in [0, 0.1) is 0 Å². The number of hydrogen-bond acceptors (Lipinski definition) is 5. The van der Waals surface area contributed by atoms with Gasteiger partial charge in [-0.05, 0) is 0 Å². The Labute approximate surface area is 122 Å². The van der Waals surface area contributed by atoms with Gasteiger partial charge in [-0.1, -0.05) is 30.3 Å². The zero-order chi connectivity index (χ0) is 14.7. The number of anilines is 1. The van der Waals surface area contributed by atoms with Crippen LogP contribution in [0.1, 0.15) is 11.3 Å². The van der Waals surface area contributed by atoms with E-state index in [0.29, 0.717) is 31.3 Å². The number of aromatic amines is 1. The minimum atomic E-state index is -0.189. The van der Waals surface area contributed by atoms with E-state index in [9.17, 15) is 4.79 Å². The van der Waals surface area contributed by atoms with E-state index < -0.39 is 0 Å². The summed E-state index contributed by atoms with van der Waals surface area (Å²) in [6, 6.07) is 11.3. The van der Waals surface area contributed by atoms with E-state index in [0.717, 1.165) is 11.4 Å². The number of aliphatic imine (C=N–C) groups is 1. The monoisotopic (exact) mass is 284 g/mol. The highest BCUT2D eigenvalue weighted by atomic mass is 16.5. The van der Waals surface area contributed by atoms with Gasteiger partial charge in [-0.3, -0.25) is 19.7 Å². The van der Waals surface area contributed by atoms with Gasteiger partial charge in [0.2, 0.25) is 5.95 Å². The van der Waals surface area contributed by atoms with E-state index in [-0.39, 0.29) is 5.56 Å². The first-order chi connectivity index (χ1) is 10.3. The summed E-state index contributed by atoms with van der Waals surface area (Å²) < 4.78 is 5.05. The molecular weight excluding hydrogens is 268 g/mol. The molecule has 6 heteroatoms. The van der Waals surface area contributed by atoms with Crippen LogP contribution < -0.4 is 10.5 Å². The van der Waals surface area contributed by atoms with Crippen molar-refractivity contribution >= 4 is 11.8 Å². The molecule has 108 valence electrons. The fourth-order valence-electron chi connectivity index (χ4n) is 2.33. The number of H-pyrrole nitrogens is 1. The van der Waals surface area contributed by atoms with Gasteiger partial charge in [0, 0.05) is 25.3 Å². The van der Waals surface area contributed by atoms with E-state index in [4.69, 9.17) is 4.74 Å². The molecule has 0 saturated carbocycles. The van der Waals surface area contributed by atoms with Crippen LogP contribution in [0.15, 0.2) is 46.2 Å². The molecule has 1 aliphatic rings. The number of rotatable bonds is 4. The molecule has 0 bridgehead atoms. The van der Waals surface area contributed by atoms with Crippen LogP contribution in [-0.2, 0) is 11.3 Å². The van der Waals surface area contributed by atoms with Gasteiger partial charge in [-0.2, -0.15) is 0 Å². The number of methoxy groups -OCH3 is 1. The number of nitrogens with one attached hydrogen (secondary N) is 1. The van der Waals surface area contributed by atoms with E-state index in [1.54, 1.807) is 7.11 Å². The third-order valence-corrected chi connectivity index (χ3v) is 3.20. The molecule has 0 unspecified atom stereocenters. The Bertz CT molecular complexity index is 709. The summed E-state index contributed by atoms with van der Waals surface area (Å²) in [7, 11) is 1.58. The molecule has 0 atom stereocenters. The molecule has 1 aromatic carbocycles. The maximum absolute atomic E-state index is 11.8. The minimum Gasteiger partial charge on any atom is -0.378 e. The second kappa shape index (κ2) is 5.88. The van der Waals surface area contributed by atoms with Crippen molar-refractivity contribution in [3.63, 3.8) is 0 Å². The van der Waals surface area contributed by atoms with Crippen molar-refractivity contribution < 1.29 is 4.74 Å². The Balaban J connectivity index is 1.97. The van der Waals surface area contributed by atoms with Gasteiger partial charge in [0.25, 0.3) is 5.56 Å². The third kappa shape index (κ3) is 2.85. The van der Waals surface area contributed by atoms with Crippen molar-refractivity contribution in [2.24, 2.45) is 4.99 Å². The maximum Gasteiger partial charge on any atom is 0.252 e. The van der Waals surface area contributed by atoms with Gasteiger partial charge >= 0.3 is 0 Å². The quantitative estimate of drug-likeness (QED) is 0.915. The van der Waals surface area contributed by atoms with Gasteiger partial charge in [0.15, 0.2) is 0 Å². The first kappa shape index (κ1) is 13.5. The van der Waals surface area contributed by atoms with Gasteiger partial charge in [-0.15, -0.1) is 0 Å². The van der Waals surface area contributed by atoms with Crippen LogP contribution in [0.3, 0.4) is 0 Å². The van der Waals surface area contributed by atoms with E-state index in [1.165, 1.54) is 6.07 Å². The Hall–Kier alpha value is -2.47. The maximum atomic E-state index is 11.8. The molecule has 0 amide bonds. The summed E-state index contributed by atoms with van der Waals surface area (Å²) in [5.41, 5.74) is 1.43. The van der Waals surface area contributed by atoms with Crippen molar-refractivity contribution in [2.45, 2.75) is 6.61 Å². The molecule has 2 heterocycles. The second-order valence-corrected chi connectivity index (χ2v) is 4.72. The normalized spacial score (nSPS) is 14.3. The minimum absolute atomic E-state index is 0.189. The van der Waals surface area contributed by atoms with E-state index >= 15 is 0 Å². The first-order valence-electron chi connectivity index (χ1n) is 6.74. The highest BCUT2D eigenvalue weighted by Gasteiger charge is 2.22. The lowest BCUT2D eigenvalue weighted by Gasteiger charge is -2.19. The number of ether oxygens (including phenoxy) is 1. The Morgan fingerprint density at radius 2 is 2.14 bits per heavy atom. The van der Waals surface area contributed by atoms with Gasteiger partial charge in [0.05, 0.1) is 18.8 Å². The topological polar surface area (TPSA) is 70.6 Å². The number of nitrogens with zero attached hydrogens (tertiary/aromatic N) is 3. The largest absolute Gasteiger partial charge is 0.378 e. The number of amidine groups is 1. The van der Waals surface area contributed by atoms with Gasteiger partial charge in [0.1, 0.15) is 5.84 Å². The zero-order valence-corrected chi connectivity index (χ0v) is 11.7. The molecule has 0 aliphatic carbocycles. The van der Waals surface area contributed by atoms with Crippen LogP contribution in [0.25, 0.3) is 0 Å². The van der Waals surface area contributed by atoms with Crippen LogP contribution in [0.4, 0.5) is 5.95 Å². The number of aromatic nitrogens is 2. The third-order valence-electron chi connectivity index (χ3n) is 3.20. The summed E-state index contributed by atoms with van der Waals surface area (Å²) in [6.45, 7) is 1.69. The molecule has 1 N–H and O–H groups in total. The van der Waals surface area contributed by atoms with Crippen molar-refractivity contribution in [1.82, 2.24) is 9.97 Å². The Morgan fingerprint density at radius 1 is 1.33 bits per heavy atom. The highest BCUT2D eigenvalue weighted by Crippen LogP contribution is 2.16. The molecule has 21 heavy (non-hydrogen) atoms. The van der Waals surface area contributed by atoms with E-state index in [1.807, 2.05) is 35.2 Å². The van der Waals surface area contributed by atoms with Crippen molar-refractivity contribution in [3.8, 4) is 0 Å². The summed E-state index contributed by atoms with van der Waals surface area (Å²) in [4.78, 5) is 25.4. The van der Waals surface area contributed by atoms with Gasteiger partial charge < -0.3 is 4.74 Å². The fraction of sp³-hybridized carbons (Fsp3) is 0.267. The Kier molecular flexibility index (Phi) is 3.79. The SMILES string of the molecule is COCc1cc(=O)[nH]c(N2CCN=C2c2ccccc2)n1. The molecule has 1 aliphatic heterocycles. The molecule has 1 aromatic heterocycles. The molecular formula is C15H16N4O2. The van der Waals surface area contributed by atoms with Crippen LogP contribution in [-0.4, -0.2) is 36.0 Å². The average molecular weight is 284 g/mol. The average Bonchev–Trinajstić information content (AvgIpc) is 2.97. The zero-order valence-electron chi connectivity index (χ0n) is 11.7. The van der Waals surface area contributed by atoms with Crippen LogP contribution >= 0.6 is 0 Å². The number of hydrogen-bond donors (Lipinski definition) is 1. The molecule has 0 radical (unpaired) electrons. The molecule has 3 rings (SSSR count). The molecule has 0 saturated heterocycles. The predicted octanol–water partition coefficient (Wildman–Crippen LogP) is 1.18. The second-order valence-electron chi connectivity index (χ2n) is 4.72. The van der Waals surface area contributed by atoms with Gasteiger partial charge in [-0.25, -0.2) is 4.98 Å². The lowest BCUT2D eigenvalue weighted by atomic mass is 10.2. The highest BCUT2D eigenvalue weighted by molar-refractivity contribution is 6.10. The van der Waals surface area contributed by atoms with Crippen molar-refractivity contribution in [2.75, 3.05) is 25.1 Å². The van der Waals surface area contributed by atoms with E-state index in [2.05, 4.69) is 15.0 Å². The summed E-state index contributed by atoms with van der Waals surface area (Å²) in [5.74, 6) is 1.34. The Morgan fingerprint density at radius 3 is 2.90 bits per heavy atom. The molecule has 2 aromatic rings. The molecule has 0 spiro atoms. The lowest BCUT2D eigenvalue weighted by Crippen LogP contribution is -2.32. The first-order valence-corrected chi connectivity index (χ1v) is 6.74. The predicted molar refractivity (Wildman–Crippen MR) is 80.8 cm³/mol. The standard InChI is InChI=1S/C15H16N4O2/c1-21-10-12-9-13(20)18-15(17-12)19-8-7-16-14(19)11-5-3-2-4-6-11/h2-6,9H,7-8,10H2,1H3,(H,17,18,20). The molecule has 6 nitrogen and oxygen atoms in total. The summed E-state index contributed by atoms with van der Waals surface area (Å²) in [5, 5.41) is 0. The van der Waals surface area contributed by atoms with Crippen LogP contribution in [0.2, 0.25) is 0 Å².